The highest BCUT2D eigenvalue weighted by Crippen LogP contribution is 2.13. The third-order valence-corrected chi connectivity index (χ3v) is 4.88. The highest BCUT2D eigenvalue weighted by atomic mass is 16.5. The van der Waals surface area contributed by atoms with Gasteiger partial charge in [-0.15, -0.1) is 0 Å². The normalized spacial score (nSPS) is 13.8. The first kappa shape index (κ1) is 26.8. The van der Waals surface area contributed by atoms with Crippen LogP contribution in [0.5, 0.6) is 0 Å². The molecule has 164 valence electrons. The molecule has 5 nitrogen and oxygen atoms in total. The molecule has 2 unspecified atom stereocenters. The Bertz CT molecular complexity index is 275. The molecule has 0 heterocycles. The fourth-order valence-electron chi connectivity index (χ4n) is 3.09. The summed E-state index contributed by atoms with van der Waals surface area (Å²) in [5, 5.41) is 27.1. The Morgan fingerprint density at radius 3 is 1.56 bits per heavy atom. The second-order valence-electron chi connectivity index (χ2n) is 7.65. The molecule has 2 atom stereocenters. The lowest BCUT2D eigenvalue weighted by Crippen LogP contribution is -2.28. The zero-order valence-corrected chi connectivity index (χ0v) is 17.7. The van der Waals surface area contributed by atoms with E-state index in [1.54, 1.807) is 0 Å². The summed E-state index contributed by atoms with van der Waals surface area (Å²) < 4.78 is 10.8. The van der Waals surface area contributed by atoms with E-state index < -0.39 is 6.10 Å². The van der Waals surface area contributed by atoms with Crippen molar-refractivity contribution in [1.82, 2.24) is 0 Å². The van der Waals surface area contributed by atoms with Gasteiger partial charge < -0.3 is 24.8 Å². The van der Waals surface area contributed by atoms with Crippen LogP contribution in [0.2, 0.25) is 0 Å². The molecule has 0 radical (unpaired) electrons. The van der Waals surface area contributed by atoms with E-state index in [1.807, 2.05) is 0 Å². The molecule has 0 bridgehead atoms. The zero-order chi connectivity index (χ0) is 20.0. The molecular formula is C22H46O5. The van der Waals surface area contributed by atoms with Gasteiger partial charge in [0.2, 0.25) is 0 Å². The minimum absolute atomic E-state index is 0.0647. The van der Waals surface area contributed by atoms with Gasteiger partial charge in [0.05, 0.1) is 26.4 Å². The third-order valence-electron chi connectivity index (χ3n) is 4.88. The first-order chi connectivity index (χ1) is 13.2. The zero-order valence-electron chi connectivity index (χ0n) is 17.7. The Kier molecular flexibility index (Phi) is 21.9. The minimum atomic E-state index is -0.866. The molecule has 0 aromatic heterocycles. The average Bonchev–Trinajstić information content (AvgIpc) is 2.69. The van der Waals surface area contributed by atoms with Crippen molar-refractivity contribution in [3.63, 3.8) is 0 Å². The number of aliphatic hydroxyl groups is 3. The number of hydrogen-bond donors (Lipinski definition) is 3. The SMILES string of the molecule is CCCCCCCCCCCCCCCCOC(CO)COCC(O)CO. The molecule has 3 N–H and O–H groups in total. The molecule has 0 aliphatic carbocycles. The number of unbranched alkanes of at least 4 members (excludes halogenated alkanes) is 13. The van der Waals surface area contributed by atoms with Crippen LogP contribution in [-0.4, -0.2) is 60.6 Å². The van der Waals surface area contributed by atoms with Crippen molar-refractivity contribution in [2.24, 2.45) is 0 Å². The Morgan fingerprint density at radius 2 is 1.11 bits per heavy atom. The van der Waals surface area contributed by atoms with Gasteiger partial charge in [0.1, 0.15) is 12.2 Å². The van der Waals surface area contributed by atoms with Crippen molar-refractivity contribution in [2.75, 3.05) is 33.0 Å². The number of hydrogen-bond acceptors (Lipinski definition) is 5. The first-order valence-electron chi connectivity index (χ1n) is 11.3. The molecule has 5 heteroatoms. The van der Waals surface area contributed by atoms with E-state index >= 15 is 0 Å². The Labute approximate surface area is 167 Å². The highest BCUT2D eigenvalue weighted by Gasteiger charge is 2.09. The predicted molar refractivity (Wildman–Crippen MR) is 111 cm³/mol. The van der Waals surface area contributed by atoms with Crippen LogP contribution in [0.25, 0.3) is 0 Å². The molecule has 0 saturated heterocycles. The second-order valence-corrected chi connectivity index (χ2v) is 7.65. The smallest absolute Gasteiger partial charge is 0.104 e. The summed E-state index contributed by atoms with van der Waals surface area (Å²) in [7, 11) is 0. The number of ether oxygens (including phenoxy) is 2. The summed E-state index contributed by atoms with van der Waals surface area (Å²) in [6, 6.07) is 0. The van der Waals surface area contributed by atoms with E-state index in [9.17, 15) is 10.2 Å². The van der Waals surface area contributed by atoms with Gasteiger partial charge in [-0.05, 0) is 6.42 Å². The Hall–Kier alpha value is -0.200. The Balaban J connectivity index is 3.24. The maximum Gasteiger partial charge on any atom is 0.104 e. The lowest BCUT2D eigenvalue weighted by Gasteiger charge is -2.16. The van der Waals surface area contributed by atoms with Crippen LogP contribution in [-0.2, 0) is 9.47 Å². The summed E-state index contributed by atoms with van der Waals surface area (Å²) in [5.41, 5.74) is 0. The van der Waals surface area contributed by atoms with Crippen molar-refractivity contribution in [3.8, 4) is 0 Å². The molecule has 0 saturated carbocycles. The van der Waals surface area contributed by atoms with Gasteiger partial charge in [-0.1, -0.05) is 90.4 Å². The standard InChI is InChI=1S/C22H46O5/c1-2-3-4-5-6-7-8-9-10-11-12-13-14-15-16-27-22(18-24)20-26-19-21(25)17-23/h21-25H,2-20H2,1H3. The van der Waals surface area contributed by atoms with Gasteiger partial charge in [-0.3, -0.25) is 0 Å². The van der Waals surface area contributed by atoms with Gasteiger partial charge in [0.15, 0.2) is 0 Å². The van der Waals surface area contributed by atoms with E-state index in [0.29, 0.717) is 6.61 Å². The fraction of sp³-hybridized carbons (Fsp3) is 1.00. The summed E-state index contributed by atoms with van der Waals surface area (Å²) in [4.78, 5) is 0. The topological polar surface area (TPSA) is 79.2 Å². The van der Waals surface area contributed by atoms with Crippen LogP contribution in [0.1, 0.15) is 96.8 Å². The van der Waals surface area contributed by atoms with E-state index in [2.05, 4.69) is 6.92 Å². The lowest BCUT2D eigenvalue weighted by molar-refractivity contribution is -0.0649. The molecule has 0 aromatic rings. The summed E-state index contributed by atoms with van der Waals surface area (Å²) in [5.74, 6) is 0. The fourth-order valence-corrected chi connectivity index (χ4v) is 3.09. The summed E-state index contributed by atoms with van der Waals surface area (Å²) in [6.07, 6.45) is 17.4. The first-order valence-corrected chi connectivity index (χ1v) is 11.3. The van der Waals surface area contributed by atoms with Crippen LogP contribution in [0.3, 0.4) is 0 Å². The highest BCUT2D eigenvalue weighted by molar-refractivity contribution is 4.57. The van der Waals surface area contributed by atoms with Crippen LogP contribution < -0.4 is 0 Å². The molecule has 0 fully saturated rings. The van der Waals surface area contributed by atoms with E-state index in [0.717, 1.165) is 6.42 Å². The maximum absolute atomic E-state index is 9.25. The van der Waals surface area contributed by atoms with E-state index in [-0.39, 0.29) is 32.5 Å². The van der Waals surface area contributed by atoms with Crippen LogP contribution >= 0.6 is 0 Å². The van der Waals surface area contributed by atoms with Crippen molar-refractivity contribution in [2.45, 2.75) is 109 Å². The van der Waals surface area contributed by atoms with Crippen LogP contribution in [0.15, 0.2) is 0 Å². The van der Waals surface area contributed by atoms with Gasteiger partial charge in [0.25, 0.3) is 0 Å². The van der Waals surface area contributed by atoms with Crippen molar-refractivity contribution in [3.05, 3.63) is 0 Å². The van der Waals surface area contributed by atoms with Gasteiger partial charge in [-0.2, -0.15) is 0 Å². The van der Waals surface area contributed by atoms with Crippen molar-refractivity contribution < 1.29 is 24.8 Å². The average molecular weight is 391 g/mol. The van der Waals surface area contributed by atoms with Crippen molar-refractivity contribution >= 4 is 0 Å². The van der Waals surface area contributed by atoms with Gasteiger partial charge in [0, 0.05) is 6.61 Å². The lowest BCUT2D eigenvalue weighted by atomic mass is 10.0. The molecule has 0 aliphatic heterocycles. The van der Waals surface area contributed by atoms with Crippen LogP contribution in [0.4, 0.5) is 0 Å². The molecular weight excluding hydrogens is 344 g/mol. The number of rotatable bonds is 22. The second kappa shape index (κ2) is 22.1. The Morgan fingerprint density at radius 1 is 0.630 bits per heavy atom. The van der Waals surface area contributed by atoms with E-state index in [1.165, 1.54) is 83.5 Å². The van der Waals surface area contributed by atoms with Gasteiger partial charge in [-0.25, -0.2) is 0 Å². The summed E-state index contributed by atoms with van der Waals surface area (Å²) >= 11 is 0. The summed E-state index contributed by atoms with van der Waals surface area (Å²) in [6.45, 7) is 2.80. The minimum Gasteiger partial charge on any atom is -0.394 e. The van der Waals surface area contributed by atoms with Crippen molar-refractivity contribution in [1.29, 1.82) is 0 Å². The molecule has 0 amide bonds. The molecule has 0 aromatic carbocycles. The number of aliphatic hydroxyl groups excluding tert-OH is 3. The molecule has 0 spiro atoms. The predicted octanol–water partition coefficient (Wildman–Crippen LogP) is 4.22. The van der Waals surface area contributed by atoms with E-state index in [4.69, 9.17) is 14.6 Å². The quantitative estimate of drug-likeness (QED) is 0.241. The largest absolute Gasteiger partial charge is 0.394 e. The molecule has 0 rings (SSSR count). The van der Waals surface area contributed by atoms with Gasteiger partial charge >= 0.3 is 0 Å². The molecule has 27 heavy (non-hydrogen) atoms. The third kappa shape index (κ3) is 20.3. The monoisotopic (exact) mass is 390 g/mol. The molecule has 0 aliphatic rings. The maximum atomic E-state index is 9.25. The van der Waals surface area contributed by atoms with Crippen LogP contribution in [0, 0.1) is 0 Å².